The van der Waals surface area contributed by atoms with Crippen LogP contribution in [0.5, 0.6) is 0 Å². The van der Waals surface area contributed by atoms with Crippen molar-refractivity contribution >= 4 is 51.4 Å². The van der Waals surface area contributed by atoms with Gasteiger partial charge in [0.25, 0.3) is 0 Å². The summed E-state index contributed by atoms with van der Waals surface area (Å²) in [6.45, 7) is 0. The molecule has 0 rings (SSSR count). The normalized spacial score (nSPS) is 11.2. The third-order valence-electron chi connectivity index (χ3n) is 0.247. The van der Waals surface area contributed by atoms with Crippen molar-refractivity contribution < 1.29 is 22.0 Å². The van der Waals surface area contributed by atoms with Gasteiger partial charge in [-0.2, -0.15) is 13.2 Å². The molecule has 0 unspecified atom stereocenters. The van der Waals surface area contributed by atoms with Crippen LogP contribution < -0.4 is 0 Å². The van der Waals surface area contributed by atoms with E-state index in [1.54, 1.807) is 0 Å². The SMILES string of the molecule is FC(F)C(F)(F)F.[KH]. The van der Waals surface area contributed by atoms with E-state index in [-0.39, 0.29) is 51.4 Å². The Morgan fingerprint density at radius 3 is 1.12 bits per heavy atom. The molecule has 0 saturated heterocycles. The van der Waals surface area contributed by atoms with Crippen molar-refractivity contribution in [3.05, 3.63) is 0 Å². The van der Waals surface area contributed by atoms with Gasteiger partial charge >= 0.3 is 64.0 Å². The van der Waals surface area contributed by atoms with Gasteiger partial charge in [-0.1, -0.05) is 0 Å². The number of hydrogen-bond donors (Lipinski definition) is 0. The molecule has 0 bridgehead atoms. The quantitative estimate of drug-likeness (QED) is 0.368. The monoisotopic (exact) mass is 160 g/mol. The van der Waals surface area contributed by atoms with Gasteiger partial charge in [0.15, 0.2) is 0 Å². The van der Waals surface area contributed by atoms with E-state index in [0.29, 0.717) is 0 Å². The molecule has 0 atom stereocenters. The number of rotatable bonds is 0. The molecule has 0 heterocycles. The van der Waals surface area contributed by atoms with E-state index in [4.69, 9.17) is 0 Å². The Labute approximate surface area is 84.9 Å². The average molecular weight is 160 g/mol. The second-order valence-corrected chi connectivity index (χ2v) is 0.842. The molecule has 0 radical (unpaired) electrons. The zero-order valence-electron chi connectivity index (χ0n) is 2.97. The Morgan fingerprint density at radius 2 is 1.12 bits per heavy atom. The molecule has 8 heavy (non-hydrogen) atoms. The molecule has 0 aromatic heterocycles. The standard InChI is InChI=1S/C2HF5.K.H/c3-1(4)2(5,6)7;;/h1H;;. The fourth-order valence-corrected chi connectivity index (χ4v) is 0. The molecule has 0 spiro atoms. The minimum atomic E-state index is -5.33. The van der Waals surface area contributed by atoms with Crippen LogP contribution in [0.15, 0.2) is 0 Å². The first-order valence-electron chi connectivity index (χ1n) is 1.29. The molecular weight excluding hydrogens is 158 g/mol. The summed E-state index contributed by atoms with van der Waals surface area (Å²) in [4.78, 5) is 0. The van der Waals surface area contributed by atoms with Gasteiger partial charge in [-0.05, 0) is 0 Å². The molecular formula is C2H2F5K. The molecule has 0 fully saturated rings. The van der Waals surface area contributed by atoms with E-state index >= 15 is 0 Å². The van der Waals surface area contributed by atoms with Crippen molar-refractivity contribution in [1.82, 2.24) is 0 Å². The minimum absolute atomic E-state index is 0. The fraction of sp³-hybridized carbons (Fsp3) is 1.00. The Balaban J connectivity index is 0. The molecule has 6 heteroatoms. The second kappa shape index (κ2) is 4.16. The van der Waals surface area contributed by atoms with Crippen LogP contribution >= 0.6 is 0 Å². The first-order valence-corrected chi connectivity index (χ1v) is 1.29. The summed E-state index contributed by atoms with van der Waals surface area (Å²) in [6, 6.07) is 0. The summed E-state index contributed by atoms with van der Waals surface area (Å²) in [7, 11) is 0. The molecule has 0 aliphatic rings. The fourth-order valence-electron chi connectivity index (χ4n) is 0. The summed E-state index contributed by atoms with van der Waals surface area (Å²) < 4.78 is 52.1. The Bertz CT molecular complexity index is 55.9. The third-order valence-corrected chi connectivity index (χ3v) is 0.247. The predicted octanol–water partition coefficient (Wildman–Crippen LogP) is 1.17. The molecule has 46 valence electrons. The van der Waals surface area contributed by atoms with Gasteiger partial charge in [-0.15, -0.1) is 0 Å². The van der Waals surface area contributed by atoms with Crippen molar-refractivity contribution in [3.8, 4) is 0 Å². The van der Waals surface area contributed by atoms with Crippen molar-refractivity contribution in [2.75, 3.05) is 0 Å². The predicted molar refractivity (Wildman–Crippen MR) is 19.2 cm³/mol. The van der Waals surface area contributed by atoms with Crippen LogP contribution in [0.3, 0.4) is 0 Å². The maximum absolute atomic E-state index is 10.4. The van der Waals surface area contributed by atoms with Crippen LogP contribution in [-0.2, 0) is 0 Å². The van der Waals surface area contributed by atoms with Crippen LogP contribution in [0.25, 0.3) is 0 Å². The van der Waals surface area contributed by atoms with E-state index < -0.39 is 12.6 Å². The van der Waals surface area contributed by atoms with Crippen LogP contribution in [0.1, 0.15) is 0 Å². The Morgan fingerprint density at radius 1 is 1.00 bits per heavy atom. The summed E-state index contributed by atoms with van der Waals surface area (Å²) in [6.07, 6.45) is -9.53. The summed E-state index contributed by atoms with van der Waals surface area (Å²) in [5, 5.41) is 0. The van der Waals surface area contributed by atoms with Crippen molar-refractivity contribution in [2.45, 2.75) is 12.6 Å². The summed E-state index contributed by atoms with van der Waals surface area (Å²) in [5.74, 6) is 0. The van der Waals surface area contributed by atoms with Crippen LogP contribution in [0, 0.1) is 0 Å². The number of hydrogen-bond acceptors (Lipinski definition) is 0. The molecule has 0 aliphatic heterocycles. The maximum atomic E-state index is 10.4. The Hall–Kier alpha value is 1.29. The zero-order chi connectivity index (χ0) is 6.08. The summed E-state index contributed by atoms with van der Waals surface area (Å²) >= 11 is 0. The molecule has 0 N–H and O–H groups in total. The van der Waals surface area contributed by atoms with Gasteiger partial charge in [-0.25, -0.2) is 8.78 Å². The average Bonchev–Trinajstić information content (AvgIpc) is 1.31. The zero-order valence-corrected chi connectivity index (χ0v) is 2.97. The van der Waals surface area contributed by atoms with Gasteiger partial charge in [0.1, 0.15) is 0 Å². The first-order chi connectivity index (χ1) is 2.94. The van der Waals surface area contributed by atoms with E-state index in [1.807, 2.05) is 0 Å². The molecule has 0 aliphatic carbocycles. The molecule has 0 nitrogen and oxygen atoms in total. The molecule has 0 aromatic carbocycles. The van der Waals surface area contributed by atoms with Gasteiger partial charge in [0.05, 0.1) is 0 Å². The third kappa shape index (κ3) is 5.42. The van der Waals surface area contributed by atoms with Crippen molar-refractivity contribution in [3.63, 3.8) is 0 Å². The van der Waals surface area contributed by atoms with Gasteiger partial charge in [0, 0.05) is 0 Å². The van der Waals surface area contributed by atoms with E-state index in [0.717, 1.165) is 0 Å². The second-order valence-electron chi connectivity index (χ2n) is 0.842. The topological polar surface area (TPSA) is 0 Å². The van der Waals surface area contributed by atoms with E-state index in [2.05, 4.69) is 0 Å². The van der Waals surface area contributed by atoms with E-state index in [9.17, 15) is 22.0 Å². The number of halogens is 5. The molecule has 0 saturated carbocycles. The van der Waals surface area contributed by atoms with E-state index in [1.165, 1.54) is 0 Å². The molecule has 0 aromatic rings. The molecule has 0 amide bonds. The first kappa shape index (κ1) is 12.0. The van der Waals surface area contributed by atoms with Gasteiger partial charge in [0.2, 0.25) is 0 Å². The van der Waals surface area contributed by atoms with Crippen LogP contribution in [0.2, 0.25) is 0 Å². The van der Waals surface area contributed by atoms with Crippen molar-refractivity contribution in [2.24, 2.45) is 0 Å². The van der Waals surface area contributed by atoms with Gasteiger partial charge < -0.3 is 0 Å². The Kier molecular flexibility index (Phi) is 6.24. The number of alkyl halides is 5. The van der Waals surface area contributed by atoms with Crippen LogP contribution in [-0.4, -0.2) is 64.0 Å². The van der Waals surface area contributed by atoms with Crippen molar-refractivity contribution in [1.29, 1.82) is 0 Å². The van der Waals surface area contributed by atoms with Gasteiger partial charge in [-0.3, -0.25) is 0 Å². The van der Waals surface area contributed by atoms with Crippen LogP contribution in [0.4, 0.5) is 22.0 Å². The summed E-state index contributed by atoms with van der Waals surface area (Å²) in [5.41, 5.74) is 0.